The standard InChI is InChI=1S/C30H26N2O2/c1-20-7-6-8-23(15-20)19-34-29-14-12-24-9-4-5-10-27(24)28(29)17-25(18-31)30(33)32-26-13-11-21(2)22(3)16-26/h4-17H,19H2,1-3H3,(H,32,33)/b25-17+. The summed E-state index contributed by atoms with van der Waals surface area (Å²) in [6, 6.07) is 27.6. The Morgan fingerprint density at radius 3 is 2.53 bits per heavy atom. The Morgan fingerprint density at radius 1 is 0.941 bits per heavy atom. The molecular weight excluding hydrogens is 420 g/mol. The first-order chi connectivity index (χ1) is 16.4. The second-order valence-electron chi connectivity index (χ2n) is 8.40. The number of fused-ring (bicyclic) bond motifs is 1. The second-order valence-corrected chi connectivity index (χ2v) is 8.40. The van der Waals surface area contributed by atoms with E-state index in [0.29, 0.717) is 23.6 Å². The highest BCUT2D eigenvalue weighted by Gasteiger charge is 2.14. The molecule has 0 radical (unpaired) electrons. The molecule has 0 heterocycles. The minimum absolute atomic E-state index is 0.00925. The molecule has 1 N–H and O–H groups in total. The van der Waals surface area contributed by atoms with E-state index in [1.165, 1.54) is 0 Å². The van der Waals surface area contributed by atoms with Crippen molar-refractivity contribution in [2.24, 2.45) is 0 Å². The van der Waals surface area contributed by atoms with Crippen LogP contribution in [0.1, 0.15) is 27.8 Å². The number of anilines is 1. The van der Waals surface area contributed by atoms with Crippen molar-refractivity contribution in [3.8, 4) is 11.8 Å². The summed E-state index contributed by atoms with van der Waals surface area (Å²) in [6.07, 6.45) is 1.62. The van der Waals surface area contributed by atoms with Crippen molar-refractivity contribution >= 4 is 28.4 Å². The summed E-state index contributed by atoms with van der Waals surface area (Å²) in [5.41, 5.74) is 5.79. The zero-order chi connectivity index (χ0) is 24.1. The van der Waals surface area contributed by atoms with E-state index >= 15 is 0 Å². The number of nitriles is 1. The van der Waals surface area contributed by atoms with Crippen LogP contribution < -0.4 is 10.1 Å². The van der Waals surface area contributed by atoms with Crippen LogP contribution in [-0.4, -0.2) is 5.91 Å². The summed E-state index contributed by atoms with van der Waals surface area (Å²) in [5, 5.41) is 14.6. The molecule has 0 atom stereocenters. The molecule has 0 unspecified atom stereocenters. The van der Waals surface area contributed by atoms with Crippen molar-refractivity contribution in [1.82, 2.24) is 0 Å². The predicted molar refractivity (Wildman–Crippen MR) is 138 cm³/mol. The molecule has 4 heteroatoms. The number of benzene rings is 4. The topological polar surface area (TPSA) is 62.1 Å². The Kier molecular flexibility index (Phi) is 6.75. The highest BCUT2D eigenvalue weighted by atomic mass is 16.5. The van der Waals surface area contributed by atoms with Gasteiger partial charge in [-0.1, -0.05) is 66.2 Å². The Labute approximate surface area is 200 Å². The van der Waals surface area contributed by atoms with Gasteiger partial charge in [0.25, 0.3) is 5.91 Å². The lowest BCUT2D eigenvalue weighted by atomic mass is 10.0. The van der Waals surface area contributed by atoms with E-state index in [2.05, 4.69) is 17.5 Å². The fourth-order valence-corrected chi connectivity index (χ4v) is 3.82. The van der Waals surface area contributed by atoms with Gasteiger partial charge in [-0.05, 0) is 72.5 Å². The van der Waals surface area contributed by atoms with E-state index in [1.807, 2.05) is 93.6 Å². The van der Waals surface area contributed by atoms with Crippen molar-refractivity contribution in [2.45, 2.75) is 27.4 Å². The molecule has 0 fully saturated rings. The molecule has 4 aromatic carbocycles. The highest BCUT2D eigenvalue weighted by molar-refractivity contribution is 6.11. The molecule has 4 nitrogen and oxygen atoms in total. The molecule has 0 spiro atoms. The van der Waals surface area contributed by atoms with Gasteiger partial charge in [-0.15, -0.1) is 0 Å². The normalized spacial score (nSPS) is 11.2. The molecule has 0 saturated heterocycles. The molecule has 168 valence electrons. The van der Waals surface area contributed by atoms with E-state index in [0.717, 1.165) is 33.0 Å². The molecule has 4 rings (SSSR count). The molecule has 1 amide bonds. The average molecular weight is 447 g/mol. The Balaban J connectivity index is 1.69. The fourth-order valence-electron chi connectivity index (χ4n) is 3.82. The number of rotatable bonds is 6. The van der Waals surface area contributed by atoms with Gasteiger partial charge in [0.1, 0.15) is 24.0 Å². The molecule has 0 bridgehead atoms. The lowest BCUT2D eigenvalue weighted by Gasteiger charge is -2.13. The molecule has 0 saturated carbocycles. The summed E-state index contributed by atoms with van der Waals surface area (Å²) in [5.74, 6) is 0.162. The van der Waals surface area contributed by atoms with Gasteiger partial charge in [0.15, 0.2) is 0 Å². The smallest absolute Gasteiger partial charge is 0.266 e. The number of carbonyl (C=O) groups excluding carboxylic acids is 1. The van der Waals surface area contributed by atoms with Gasteiger partial charge < -0.3 is 10.1 Å². The van der Waals surface area contributed by atoms with Crippen molar-refractivity contribution in [2.75, 3.05) is 5.32 Å². The zero-order valence-electron chi connectivity index (χ0n) is 19.6. The SMILES string of the molecule is Cc1cccc(COc2ccc3ccccc3c2/C=C(\C#N)C(=O)Nc2ccc(C)c(C)c2)c1. The average Bonchev–Trinajstić information content (AvgIpc) is 2.83. The molecule has 0 aromatic heterocycles. The van der Waals surface area contributed by atoms with Crippen molar-refractivity contribution in [1.29, 1.82) is 5.26 Å². The van der Waals surface area contributed by atoms with E-state index in [1.54, 1.807) is 6.08 Å². The lowest BCUT2D eigenvalue weighted by molar-refractivity contribution is -0.112. The minimum Gasteiger partial charge on any atom is -0.488 e. The van der Waals surface area contributed by atoms with Crippen molar-refractivity contribution in [3.05, 3.63) is 112 Å². The lowest BCUT2D eigenvalue weighted by Crippen LogP contribution is -2.13. The van der Waals surface area contributed by atoms with Crippen LogP contribution in [0.15, 0.2) is 84.4 Å². The Morgan fingerprint density at radius 2 is 1.76 bits per heavy atom. The third-order valence-electron chi connectivity index (χ3n) is 5.83. The third-order valence-corrected chi connectivity index (χ3v) is 5.83. The van der Waals surface area contributed by atoms with Crippen LogP contribution in [0.4, 0.5) is 5.69 Å². The van der Waals surface area contributed by atoms with Crippen LogP contribution >= 0.6 is 0 Å². The number of aryl methyl sites for hydroxylation is 3. The number of ether oxygens (including phenoxy) is 1. The van der Waals surface area contributed by atoms with Crippen LogP contribution in [0.3, 0.4) is 0 Å². The first-order valence-electron chi connectivity index (χ1n) is 11.1. The number of nitrogens with zero attached hydrogens (tertiary/aromatic N) is 1. The Bertz CT molecular complexity index is 1440. The molecule has 0 aliphatic heterocycles. The van der Waals surface area contributed by atoms with Crippen molar-refractivity contribution < 1.29 is 9.53 Å². The molecule has 0 aliphatic carbocycles. The molecule has 0 aliphatic rings. The number of carbonyl (C=O) groups is 1. The van der Waals surface area contributed by atoms with Gasteiger partial charge in [0.2, 0.25) is 0 Å². The fraction of sp³-hybridized carbons (Fsp3) is 0.133. The van der Waals surface area contributed by atoms with Crippen molar-refractivity contribution in [3.63, 3.8) is 0 Å². The van der Waals surface area contributed by atoms with Crippen LogP contribution in [0.5, 0.6) is 5.75 Å². The third kappa shape index (κ3) is 5.16. The first-order valence-corrected chi connectivity index (χ1v) is 11.1. The summed E-state index contributed by atoms with van der Waals surface area (Å²) in [4.78, 5) is 13.0. The highest BCUT2D eigenvalue weighted by Crippen LogP contribution is 2.31. The Hall–Kier alpha value is -4.36. The van der Waals surface area contributed by atoms with Gasteiger partial charge >= 0.3 is 0 Å². The van der Waals surface area contributed by atoms with Gasteiger partial charge in [0, 0.05) is 11.3 Å². The maximum atomic E-state index is 13.0. The second kappa shape index (κ2) is 10.1. The zero-order valence-corrected chi connectivity index (χ0v) is 19.6. The van der Waals surface area contributed by atoms with Gasteiger partial charge in [-0.3, -0.25) is 4.79 Å². The molecular formula is C30H26N2O2. The van der Waals surface area contributed by atoms with Crippen LogP contribution in [0.2, 0.25) is 0 Å². The quantitative estimate of drug-likeness (QED) is 0.259. The minimum atomic E-state index is -0.455. The van der Waals surface area contributed by atoms with Gasteiger partial charge in [0.05, 0.1) is 0 Å². The largest absolute Gasteiger partial charge is 0.488 e. The van der Waals surface area contributed by atoms with E-state index in [9.17, 15) is 10.1 Å². The van der Waals surface area contributed by atoms with E-state index < -0.39 is 5.91 Å². The molecule has 4 aromatic rings. The maximum absolute atomic E-state index is 13.0. The molecule has 34 heavy (non-hydrogen) atoms. The summed E-state index contributed by atoms with van der Waals surface area (Å²) in [7, 11) is 0. The number of nitrogens with one attached hydrogen (secondary N) is 1. The maximum Gasteiger partial charge on any atom is 0.266 e. The van der Waals surface area contributed by atoms with E-state index in [4.69, 9.17) is 4.74 Å². The first kappa shape index (κ1) is 22.8. The predicted octanol–water partition coefficient (Wildman–Crippen LogP) is 6.89. The van der Waals surface area contributed by atoms with E-state index in [-0.39, 0.29) is 5.57 Å². The summed E-state index contributed by atoms with van der Waals surface area (Å²) >= 11 is 0. The van der Waals surface area contributed by atoms with Gasteiger partial charge in [-0.2, -0.15) is 5.26 Å². The summed E-state index contributed by atoms with van der Waals surface area (Å²) in [6.45, 7) is 6.43. The monoisotopic (exact) mass is 446 g/mol. The number of amides is 1. The summed E-state index contributed by atoms with van der Waals surface area (Å²) < 4.78 is 6.17. The van der Waals surface area contributed by atoms with Gasteiger partial charge in [-0.25, -0.2) is 0 Å². The van der Waals surface area contributed by atoms with Crippen LogP contribution in [-0.2, 0) is 11.4 Å². The van der Waals surface area contributed by atoms with Crippen LogP contribution in [0.25, 0.3) is 16.8 Å². The number of hydrogen-bond donors (Lipinski definition) is 1. The number of hydrogen-bond acceptors (Lipinski definition) is 3. The van der Waals surface area contributed by atoms with Crippen LogP contribution in [0, 0.1) is 32.1 Å².